The number of aromatic amines is 1. The Labute approximate surface area is 97.9 Å². The van der Waals surface area contributed by atoms with Crippen LogP contribution in [0.5, 0.6) is 0 Å². The summed E-state index contributed by atoms with van der Waals surface area (Å²) in [6, 6.07) is 3.87. The number of nitrogens with one attached hydrogen (secondary N) is 1. The van der Waals surface area contributed by atoms with E-state index in [1.54, 1.807) is 0 Å². The quantitative estimate of drug-likeness (QED) is 0.839. The van der Waals surface area contributed by atoms with E-state index in [2.05, 4.69) is 15.2 Å². The molecule has 84 valence electrons. The van der Waals surface area contributed by atoms with Gasteiger partial charge in [-0.1, -0.05) is 12.8 Å². The van der Waals surface area contributed by atoms with Gasteiger partial charge >= 0.3 is 0 Å². The Morgan fingerprint density at radius 2 is 2.12 bits per heavy atom. The number of anilines is 1. The summed E-state index contributed by atoms with van der Waals surface area (Å²) in [5.41, 5.74) is 5.70. The molecule has 2 aromatic rings. The van der Waals surface area contributed by atoms with Crippen molar-refractivity contribution in [2.45, 2.75) is 31.6 Å². The summed E-state index contributed by atoms with van der Waals surface area (Å²) in [6.45, 7) is 0. The summed E-state index contributed by atoms with van der Waals surface area (Å²) < 4.78 is 0. The van der Waals surface area contributed by atoms with Crippen LogP contribution in [-0.2, 0) is 0 Å². The molecule has 0 unspecified atom stereocenters. The fourth-order valence-electron chi connectivity index (χ4n) is 2.24. The van der Waals surface area contributed by atoms with E-state index < -0.39 is 0 Å². The van der Waals surface area contributed by atoms with Gasteiger partial charge in [-0.05, 0) is 25.0 Å². The van der Waals surface area contributed by atoms with Crippen molar-refractivity contribution in [3.8, 4) is 10.7 Å². The molecule has 0 aromatic carbocycles. The lowest BCUT2D eigenvalue weighted by atomic mass is 10.1. The first-order valence-corrected chi connectivity index (χ1v) is 6.42. The van der Waals surface area contributed by atoms with Gasteiger partial charge in [-0.2, -0.15) is 5.10 Å². The molecule has 3 N–H and O–H groups in total. The Morgan fingerprint density at radius 3 is 2.81 bits per heavy atom. The predicted octanol–water partition coefficient (Wildman–Crippen LogP) is 2.77. The Morgan fingerprint density at radius 1 is 1.31 bits per heavy atom. The zero-order valence-corrected chi connectivity index (χ0v) is 9.76. The molecule has 1 saturated carbocycles. The summed E-state index contributed by atoms with van der Waals surface area (Å²) in [7, 11) is 0. The summed E-state index contributed by atoms with van der Waals surface area (Å²) >= 11 is 1.53. The Hall–Kier alpha value is -1.36. The maximum atomic E-state index is 5.70. The lowest BCUT2D eigenvalue weighted by molar-refractivity contribution is 0.672. The average Bonchev–Trinajstić information content (AvgIpc) is 2.97. The lowest BCUT2D eigenvalue weighted by Crippen LogP contribution is -1.94. The molecule has 0 spiro atoms. The SMILES string of the molecule is Nc1ccc(-c2n[nH]c(C3CCCC3)n2)s1. The molecule has 2 aromatic heterocycles. The molecule has 1 aliphatic rings. The standard InChI is InChI=1S/C11H14N4S/c12-9-6-5-8(16-9)11-13-10(14-15-11)7-3-1-2-4-7/h5-7H,1-4,12H2,(H,13,14,15). The molecule has 1 aliphatic carbocycles. The second kappa shape index (κ2) is 3.90. The van der Waals surface area contributed by atoms with Crippen LogP contribution in [0.2, 0.25) is 0 Å². The molecule has 16 heavy (non-hydrogen) atoms. The van der Waals surface area contributed by atoms with Crippen molar-refractivity contribution in [1.29, 1.82) is 0 Å². The van der Waals surface area contributed by atoms with Gasteiger partial charge < -0.3 is 5.73 Å². The number of H-pyrrole nitrogens is 1. The first kappa shape index (κ1) is 9.84. The number of nitrogen functional groups attached to an aromatic ring is 1. The van der Waals surface area contributed by atoms with E-state index in [4.69, 9.17) is 5.73 Å². The van der Waals surface area contributed by atoms with Gasteiger partial charge in [-0.15, -0.1) is 11.3 Å². The number of hydrogen-bond acceptors (Lipinski definition) is 4. The molecular formula is C11H14N4S. The Bertz CT molecular complexity index is 482. The zero-order valence-electron chi connectivity index (χ0n) is 8.94. The highest BCUT2D eigenvalue weighted by Crippen LogP contribution is 2.33. The first-order valence-electron chi connectivity index (χ1n) is 5.61. The van der Waals surface area contributed by atoms with Crippen LogP contribution in [0.15, 0.2) is 12.1 Å². The Balaban J connectivity index is 1.87. The summed E-state index contributed by atoms with van der Waals surface area (Å²) in [4.78, 5) is 5.60. The molecule has 0 aliphatic heterocycles. The number of nitrogens with two attached hydrogens (primary N) is 1. The number of aromatic nitrogens is 3. The minimum absolute atomic E-state index is 0.582. The summed E-state index contributed by atoms with van der Waals surface area (Å²) in [5.74, 6) is 2.40. The lowest BCUT2D eigenvalue weighted by Gasteiger charge is -2.01. The number of rotatable bonds is 2. The predicted molar refractivity (Wildman–Crippen MR) is 65.3 cm³/mol. The Kier molecular flexibility index (Phi) is 2.40. The van der Waals surface area contributed by atoms with Crippen LogP contribution in [0.4, 0.5) is 5.00 Å². The fraction of sp³-hybridized carbons (Fsp3) is 0.455. The van der Waals surface area contributed by atoms with Crippen molar-refractivity contribution in [3.63, 3.8) is 0 Å². The smallest absolute Gasteiger partial charge is 0.191 e. The largest absolute Gasteiger partial charge is 0.391 e. The third-order valence-corrected chi connectivity index (χ3v) is 4.00. The van der Waals surface area contributed by atoms with Gasteiger partial charge in [0.1, 0.15) is 5.82 Å². The van der Waals surface area contributed by atoms with Crippen LogP contribution >= 0.6 is 11.3 Å². The van der Waals surface area contributed by atoms with Crippen LogP contribution in [0.3, 0.4) is 0 Å². The fourth-order valence-corrected chi connectivity index (χ4v) is 2.95. The van der Waals surface area contributed by atoms with Gasteiger partial charge in [0, 0.05) is 5.92 Å². The number of nitrogens with zero attached hydrogens (tertiary/aromatic N) is 2. The highest BCUT2D eigenvalue weighted by atomic mass is 32.1. The van der Waals surface area contributed by atoms with Crippen molar-refractivity contribution < 1.29 is 0 Å². The zero-order chi connectivity index (χ0) is 11.0. The molecular weight excluding hydrogens is 220 g/mol. The molecule has 0 atom stereocenters. The molecule has 0 amide bonds. The third-order valence-electron chi connectivity index (χ3n) is 3.09. The molecule has 4 nitrogen and oxygen atoms in total. The van der Waals surface area contributed by atoms with E-state index in [-0.39, 0.29) is 0 Å². The molecule has 0 bridgehead atoms. The first-order chi connectivity index (χ1) is 7.83. The summed E-state index contributed by atoms with van der Waals surface area (Å²) in [6.07, 6.45) is 5.10. The van der Waals surface area contributed by atoms with Crippen LogP contribution in [0.25, 0.3) is 10.7 Å². The van der Waals surface area contributed by atoms with E-state index in [0.717, 1.165) is 21.5 Å². The van der Waals surface area contributed by atoms with Crippen molar-refractivity contribution in [2.75, 3.05) is 5.73 Å². The minimum atomic E-state index is 0.582. The molecule has 1 fully saturated rings. The van der Waals surface area contributed by atoms with Crippen LogP contribution in [0, 0.1) is 0 Å². The monoisotopic (exact) mass is 234 g/mol. The third kappa shape index (κ3) is 1.71. The molecule has 0 radical (unpaired) electrons. The molecule has 0 saturated heterocycles. The van der Waals surface area contributed by atoms with Gasteiger partial charge in [0.25, 0.3) is 0 Å². The number of hydrogen-bond donors (Lipinski definition) is 2. The molecule has 2 heterocycles. The van der Waals surface area contributed by atoms with Gasteiger partial charge in [0.05, 0.1) is 9.88 Å². The summed E-state index contributed by atoms with van der Waals surface area (Å²) in [5, 5.41) is 8.13. The second-order valence-corrected chi connectivity index (χ2v) is 5.34. The average molecular weight is 234 g/mol. The van der Waals surface area contributed by atoms with Gasteiger partial charge in [-0.25, -0.2) is 4.98 Å². The van der Waals surface area contributed by atoms with Crippen LogP contribution in [-0.4, -0.2) is 15.2 Å². The van der Waals surface area contributed by atoms with Crippen molar-refractivity contribution in [3.05, 3.63) is 18.0 Å². The van der Waals surface area contributed by atoms with E-state index in [1.165, 1.54) is 37.0 Å². The van der Waals surface area contributed by atoms with Crippen LogP contribution < -0.4 is 5.73 Å². The van der Waals surface area contributed by atoms with E-state index in [9.17, 15) is 0 Å². The van der Waals surface area contributed by atoms with E-state index >= 15 is 0 Å². The van der Waals surface area contributed by atoms with Gasteiger partial charge in [0.2, 0.25) is 0 Å². The highest BCUT2D eigenvalue weighted by Gasteiger charge is 2.21. The maximum Gasteiger partial charge on any atom is 0.191 e. The topological polar surface area (TPSA) is 67.6 Å². The van der Waals surface area contributed by atoms with Gasteiger partial charge in [-0.3, -0.25) is 5.10 Å². The van der Waals surface area contributed by atoms with E-state index in [0.29, 0.717) is 5.92 Å². The van der Waals surface area contributed by atoms with E-state index in [1.807, 2.05) is 12.1 Å². The molecule has 3 rings (SSSR count). The van der Waals surface area contributed by atoms with Crippen molar-refractivity contribution in [2.24, 2.45) is 0 Å². The number of thiophene rings is 1. The maximum absolute atomic E-state index is 5.70. The molecule has 5 heteroatoms. The van der Waals surface area contributed by atoms with Crippen LogP contribution in [0.1, 0.15) is 37.4 Å². The normalized spacial score (nSPS) is 17.0. The van der Waals surface area contributed by atoms with Gasteiger partial charge in [0.15, 0.2) is 5.82 Å². The minimum Gasteiger partial charge on any atom is -0.391 e. The highest BCUT2D eigenvalue weighted by molar-refractivity contribution is 7.19. The van der Waals surface area contributed by atoms with Crippen molar-refractivity contribution >= 4 is 16.3 Å². The second-order valence-electron chi connectivity index (χ2n) is 4.23. The van der Waals surface area contributed by atoms with Crippen molar-refractivity contribution in [1.82, 2.24) is 15.2 Å².